The number of hydrazone groups is 1. The van der Waals surface area contributed by atoms with E-state index in [0.29, 0.717) is 0 Å². The Morgan fingerprint density at radius 2 is 1.91 bits per heavy atom. The molecule has 0 saturated heterocycles. The molecule has 0 aliphatic heterocycles. The average Bonchev–Trinajstić information content (AvgIpc) is 2.48. The molecule has 0 fully saturated rings. The number of hydrogen-bond acceptors (Lipinski definition) is 5. The number of benzene rings is 2. The second-order valence-corrected chi connectivity index (χ2v) is 4.41. The van der Waals surface area contributed by atoms with Crippen molar-refractivity contribution in [3.63, 3.8) is 0 Å². The fraction of sp³-hybridized carbons (Fsp3) is 0.0714. The molecule has 0 aromatic heterocycles. The summed E-state index contributed by atoms with van der Waals surface area (Å²) in [4.78, 5) is 9.99. The predicted molar refractivity (Wildman–Crippen MR) is 77.4 cm³/mol. The number of anilines is 1. The first-order valence-corrected chi connectivity index (χ1v) is 6.22. The molecule has 6 nitrogen and oxygen atoms in total. The molecule has 2 aromatic rings. The van der Waals surface area contributed by atoms with Crippen molar-refractivity contribution in [3.8, 4) is 5.75 Å². The summed E-state index contributed by atoms with van der Waals surface area (Å²) in [5, 5.41) is 23.8. The van der Waals surface area contributed by atoms with Crippen LogP contribution >= 0.6 is 0 Å². The van der Waals surface area contributed by atoms with Gasteiger partial charge < -0.3 is 5.11 Å². The first kappa shape index (κ1) is 16.3. The third-order valence-corrected chi connectivity index (χ3v) is 2.84. The SMILES string of the molecule is O=[N+]([O-])c1ccc(O)c(/C=N/Nc2ccccc2C(F)(F)F)c1. The zero-order valence-corrected chi connectivity index (χ0v) is 11.4. The number of nitro groups is 1. The standard InChI is InChI=1S/C14H10F3N3O3/c15-14(16,17)11-3-1-2-4-12(11)19-18-8-9-7-10(20(22)23)5-6-13(9)21/h1-8,19,21H/b18-8+. The van der Waals surface area contributed by atoms with Crippen molar-refractivity contribution in [2.45, 2.75) is 6.18 Å². The molecule has 0 heterocycles. The number of alkyl halides is 3. The quantitative estimate of drug-likeness (QED) is 0.509. The largest absolute Gasteiger partial charge is 0.507 e. The normalized spacial score (nSPS) is 11.6. The summed E-state index contributed by atoms with van der Waals surface area (Å²) in [6, 6.07) is 7.97. The summed E-state index contributed by atoms with van der Waals surface area (Å²) in [7, 11) is 0. The Morgan fingerprint density at radius 1 is 1.22 bits per heavy atom. The van der Waals surface area contributed by atoms with E-state index < -0.39 is 16.7 Å². The summed E-state index contributed by atoms with van der Waals surface area (Å²) in [6.45, 7) is 0. The third kappa shape index (κ3) is 3.96. The minimum atomic E-state index is -4.55. The monoisotopic (exact) mass is 325 g/mol. The second kappa shape index (κ2) is 6.34. The Bertz CT molecular complexity index is 760. The molecule has 0 saturated carbocycles. The Kier molecular flexibility index (Phi) is 4.49. The van der Waals surface area contributed by atoms with Crippen LogP contribution in [-0.4, -0.2) is 16.2 Å². The number of nitrogens with zero attached hydrogens (tertiary/aromatic N) is 2. The van der Waals surface area contributed by atoms with Crippen LogP contribution in [0, 0.1) is 10.1 Å². The van der Waals surface area contributed by atoms with Crippen molar-refractivity contribution >= 4 is 17.6 Å². The van der Waals surface area contributed by atoms with Crippen LogP contribution in [0.1, 0.15) is 11.1 Å². The number of non-ortho nitro benzene ring substituents is 1. The molecule has 0 amide bonds. The van der Waals surface area contributed by atoms with E-state index in [4.69, 9.17) is 0 Å². The average molecular weight is 325 g/mol. The first-order chi connectivity index (χ1) is 10.8. The predicted octanol–water partition coefficient (Wildman–Crippen LogP) is 3.77. The highest BCUT2D eigenvalue weighted by molar-refractivity contribution is 5.85. The van der Waals surface area contributed by atoms with Gasteiger partial charge in [0.15, 0.2) is 0 Å². The number of nitrogens with one attached hydrogen (secondary N) is 1. The van der Waals surface area contributed by atoms with Crippen LogP contribution in [0.2, 0.25) is 0 Å². The van der Waals surface area contributed by atoms with Gasteiger partial charge in [-0.15, -0.1) is 0 Å². The topological polar surface area (TPSA) is 87.8 Å². The van der Waals surface area contributed by atoms with Crippen molar-refractivity contribution in [2.24, 2.45) is 5.10 Å². The lowest BCUT2D eigenvalue weighted by atomic mass is 10.2. The number of phenolic OH excluding ortho intramolecular Hbond substituents is 1. The summed E-state index contributed by atoms with van der Waals surface area (Å²) < 4.78 is 38.4. The van der Waals surface area contributed by atoms with Gasteiger partial charge in [0.1, 0.15) is 5.75 Å². The van der Waals surface area contributed by atoms with E-state index in [2.05, 4.69) is 10.5 Å². The van der Waals surface area contributed by atoms with Crippen molar-refractivity contribution in [3.05, 3.63) is 63.7 Å². The zero-order valence-electron chi connectivity index (χ0n) is 11.4. The second-order valence-electron chi connectivity index (χ2n) is 4.41. The minimum Gasteiger partial charge on any atom is -0.507 e. The summed E-state index contributed by atoms with van der Waals surface area (Å²) in [5.41, 5.74) is 0.752. The highest BCUT2D eigenvalue weighted by atomic mass is 19.4. The maximum atomic E-state index is 12.8. The molecule has 2 rings (SSSR count). The zero-order chi connectivity index (χ0) is 17.0. The van der Waals surface area contributed by atoms with E-state index in [1.165, 1.54) is 18.2 Å². The molecule has 0 bridgehead atoms. The lowest BCUT2D eigenvalue weighted by molar-refractivity contribution is -0.384. The number of hydrogen-bond donors (Lipinski definition) is 2. The molecule has 0 atom stereocenters. The van der Waals surface area contributed by atoms with E-state index in [1.54, 1.807) is 0 Å². The molecule has 0 spiro atoms. The van der Waals surface area contributed by atoms with Gasteiger partial charge in [0.05, 0.1) is 22.4 Å². The Hall–Kier alpha value is -3.10. The summed E-state index contributed by atoms with van der Waals surface area (Å²) in [5.74, 6) is -0.287. The molecule has 0 aliphatic carbocycles. The van der Waals surface area contributed by atoms with Crippen LogP contribution in [0.15, 0.2) is 47.6 Å². The van der Waals surface area contributed by atoms with Crippen LogP contribution in [-0.2, 0) is 6.18 Å². The van der Waals surface area contributed by atoms with Gasteiger partial charge in [-0.2, -0.15) is 18.3 Å². The van der Waals surface area contributed by atoms with E-state index in [9.17, 15) is 28.4 Å². The van der Waals surface area contributed by atoms with Crippen LogP contribution in [0.25, 0.3) is 0 Å². The van der Waals surface area contributed by atoms with Gasteiger partial charge in [-0.1, -0.05) is 12.1 Å². The Morgan fingerprint density at radius 3 is 2.57 bits per heavy atom. The van der Waals surface area contributed by atoms with Crippen LogP contribution in [0.4, 0.5) is 24.5 Å². The number of rotatable bonds is 4. The van der Waals surface area contributed by atoms with Gasteiger partial charge in [0.25, 0.3) is 5.69 Å². The van der Waals surface area contributed by atoms with Crippen LogP contribution in [0.5, 0.6) is 5.75 Å². The number of aromatic hydroxyl groups is 1. The molecule has 2 aromatic carbocycles. The van der Waals surface area contributed by atoms with Gasteiger partial charge >= 0.3 is 6.18 Å². The molecule has 120 valence electrons. The van der Waals surface area contributed by atoms with Gasteiger partial charge in [-0.05, 0) is 18.2 Å². The number of halogens is 3. The molecule has 9 heteroatoms. The Balaban J connectivity index is 2.24. The summed E-state index contributed by atoms with van der Waals surface area (Å²) >= 11 is 0. The maximum Gasteiger partial charge on any atom is 0.418 e. The number of phenols is 1. The van der Waals surface area contributed by atoms with E-state index in [0.717, 1.165) is 30.5 Å². The van der Waals surface area contributed by atoms with Gasteiger partial charge in [-0.25, -0.2) is 0 Å². The fourth-order valence-corrected chi connectivity index (χ4v) is 1.76. The number of para-hydroxylation sites is 1. The third-order valence-electron chi connectivity index (χ3n) is 2.84. The van der Waals surface area contributed by atoms with Gasteiger partial charge in [0, 0.05) is 17.7 Å². The van der Waals surface area contributed by atoms with E-state index >= 15 is 0 Å². The molecule has 23 heavy (non-hydrogen) atoms. The first-order valence-electron chi connectivity index (χ1n) is 6.22. The van der Waals surface area contributed by atoms with Crippen molar-refractivity contribution < 1.29 is 23.2 Å². The molecule has 0 unspecified atom stereocenters. The Labute approximate surface area is 128 Å². The lowest BCUT2D eigenvalue weighted by Gasteiger charge is -2.11. The number of nitro benzene ring substituents is 1. The molecular formula is C14H10F3N3O3. The van der Waals surface area contributed by atoms with Crippen LogP contribution in [0.3, 0.4) is 0 Å². The highest BCUT2D eigenvalue weighted by Crippen LogP contribution is 2.34. The maximum absolute atomic E-state index is 12.8. The van der Waals surface area contributed by atoms with Gasteiger partial charge in [0.2, 0.25) is 0 Å². The molecular weight excluding hydrogens is 315 g/mol. The summed E-state index contributed by atoms with van der Waals surface area (Å²) in [6.07, 6.45) is -3.55. The van der Waals surface area contributed by atoms with Crippen molar-refractivity contribution in [1.82, 2.24) is 0 Å². The van der Waals surface area contributed by atoms with Crippen molar-refractivity contribution in [1.29, 1.82) is 0 Å². The van der Waals surface area contributed by atoms with Crippen LogP contribution < -0.4 is 5.43 Å². The molecule has 2 N–H and O–H groups in total. The fourth-order valence-electron chi connectivity index (χ4n) is 1.76. The lowest BCUT2D eigenvalue weighted by Crippen LogP contribution is -2.08. The van der Waals surface area contributed by atoms with Crippen molar-refractivity contribution in [2.75, 3.05) is 5.43 Å². The molecule has 0 radical (unpaired) electrons. The highest BCUT2D eigenvalue weighted by Gasteiger charge is 2.33. The minimum absolute atomic E-state index is 0.00353. The van der Waals surface area contributed by atoms with E-state index in [1.807, 2.05) is 0 Å². The smallest absolute Gasteiger partial charge is 0.418 e. The van der Waals surface area contributed by atoms with E-state index in [-0.39, 0.29) is 22.7 Å². The van der Waals surface area contributed by atoms with Gasteiger partial charge in [-0.3, -0.25) is 15.5 Å². The molecule has 0 aliphatic rings.